The van der Waals surface area contributed by atoms with E-state index in [0.29, 0.717) is 28.3 Å². The van der Waals surface area contributed by atoms with Crippen molar-refractivity contribution in [2.24, 2.45) is 0 Å². The van der Waals surface area contributed by atoms with E-state index in [-0.39, 0.29) is 11.4 Å². The van der Waals surface area contributed by atoms with Crippen molar-refractivity contribution in [3.05, 3.63) is 99.3 Å². The molecule has 0 N–H and O–H groups in total. The number of rotatable bonds is 6. The first kappa shape index (κ1) is 20.9. The van der Waals surface area contributed by atoms with Crippen LogP contribution in [0.15, 0.2) is 83.5 Å². The first-order valence-corrected chi connectivity index (χ1v) is 10.1. The quantitative estimate of drug-likeness (QED) is 0.234. The fourth-order valence-electron chi connectivity index (χ4n) is 3.90. The fraction of sp³-hybridized carbons (Fsp3) is 0.0417. The summed E-state index contributed by atoms with van der Waals surface area (Å²) in [7, 11) is 1.54. The van der Waals surface area contributed by atoms with Crippen molar-refractivity contribution in [2.75, 3.05) is 7.11 Å². The Labute approximate surface area is 191 Å². The topological polar surface area (TPSA) is 126 Å². The molecule has 168 valence electrons. The fourth-order valence-corrected chi connectivity index (χ4v) is 3.90. The predicted molar refractivity (Wildman–Crippen MR) is 124 cm³/mol. The van der Waals surface area contributed by atoms with Crippen LogP contribution in [0.25, 0.3) is 39.2 Å². The molecule has 34 heavy (non-hydrogen) atoms. The molecular weight excluding hydrogens is 440 g/mol. The molecule has 0 amide bonds. The van der Waals surface area contributed by atoms with Crippen LogP contribution in [0.2, 0.25) is 0 Å². The largest absolute Gasteiger partial charge is 0.495 e. The van der Waals surface area contributed by atoms with E-state index in [1.54, 1.807) is 37.6 Å². The maximum absolute atomic E-state index is 11.8. The highest BCUT2D eigenvalue weighted by Crippen LogP contribution is 2.39. The molecule has 5 aromatic rings. The first-order valence-electron chi connectivity index (χ1n) is 10.1. The van der Waals surface area contributed by atoms with Gasteiger partial charge in [-0.15, -0.1) is 0 Å². The molecule has 0 unspecified atom stereocenters. The van der Waals surface area contributed by atoms with Gasteiger partial charge >= 0.3 is 5.69 Å². The third-order valence-corrected chi connectivity index (χ3v) is 5.44. The number of furan rings is 1. The van der Waals surface area contributed by atoms with Crippen molar-refractivity contribution >= 4 is 22.3 Å². The third-order valence-electron chi connectivity index (χ3n) is 5.44. The van der Waals surface area contributed by atoms with E-state index in [1.807, 2.05) is 30.3 Å². The molecule has 2 aromatic heterocycles. The number of non-ortho nitro benzene ring substituents is 1. The van der Waals surface area contributed by atoms with Crippen LogP contribution in [0.4, 0.5) is 11.4 Å². The Morgan fingerprint density at radius 1 is 0.941 bits per heavy atom. The van der Waals surface area contributed by atoms with Gasteiger partial charge in [0.05, 0.1) is 46.1 Å². The molecule has 3 aromatic carbocycles. The van der Waals surface area contributed by atoms with E-state index >= 15 is 0 Å². The van der Waals surface area contributed by atoms with E-state index in [1.165, 1.54) is 16.8 Å². The monoisotopic (exact) mass is 456 g/mol. The maximum atomic E-state index is 11.8. The van der Waals surface area contributed by atoms with Crippen molar-refractivity contribution in [3.8, 4) is 34.0 Å². The van der Waals surface area contributed by atoms with Crippen LogP contribution in [0.1, 0.15) is 0 Å². The SMILES string of the molecule is COc1c(-c2cc(-c3ccccc3)n(-c3ccc([N+](=O)[O-])cc3[N+](=O)[O-])n2)ccc2occc12. The highest BCUT2D eigenvalue weighted by atomic mass is 16.6. The molecule has 0 atom stereocenters. The van der Waals surface area contributed by atoms with Crippen molar-refractivity contribution < 1.29 is 19.0 Å². The molecule has 5 rings (SSSR count). The summed E-state index contributed by atoms with van der Waals surface area (Å²) in [5, 5.41) is 28.5. The molecule has 0 spiro atoms. The minimum absolute atomic E-state index is 0.101. The van der Waals surface area contributed by atoms with Gasteiger partial charge in [-0.25, -0.2) is 4.68 Å². The second kappa shape index (κ2) is 8.17. The third kappa shape index (κ3) is 3.43. The van der Waals surface area contributed by atoms with Gasteiger partial charge in [0, 0.05) is 17.2 Å². The van der Waals surface area contributed by atoms with Crippen molar-refractivity contribution in [3.63, 3.8) is 0 Å². The average Bonchev–Trinajstić information content (AvgIpc) is 3.51. The number of hydrogen-bond donors (Lipinski definition) is 0. The summed E-state index contributed by atoms with van der Waals surface area (Å²) in [4.78, 5) is 21.7. The van der Waals surface area contributed by atoms with Gasteiger partial charge in [-0.2, -0.15) is 5.10 Å². The van der Waals surface area contributed by atoms with Gasteiger partial charge in [0.2, 0.25) is 0 Å². The van der Waals surface area contributed by atoms with E-state index in [9.17, 15) is 20.2 Å². The predicted octanol–water partition coefficient (Wildman–Crippen LogP) is 5.78. The Hall–Kier alpha value is -4.99. The van der Waals surface area contributed by atoms with Gasteiger partial charge in [-0.1, -0.05) is 30.3 Å². The number of fused-ring (bicyclic) bond motifs is 1. The zero-order valence-electron chi connectivity index (χ0n) is 17.7. The molecule has 10 nitrogen and oxygen atoms in total. The number of nitro benzene ring substituents is 2. The van der Waals surface area contributed by atoms with Crippen LogP contribution >= 0.6 is 0 Å². The summed E-state index contributed by atoms with van der Waals surface area (Å²) in [6.07, 6.45) is 1.56. The normalized spacial score (nSPS) is 11.0. The summed E-state index contributed by atoms with van der Waals surface area (Å²) in [6, 6.07) is 19.9. The van der Waals surface area contributed by atoms with Gasteiger partial charge in [0.25, 0.3) is 5.69 Å². The molecule has 0 aliphatic heterocycles. The van der Waals surface area contributed by atoms with Gasteiger partial charge < -0.3 is 9.15 Å². The molecule has 10 heteroatoms. The van der Waals surface area contributed by atoms with Crippen LogP contribution in [0.3, 0.4) is 0 Å². The van der Waals surface area contributed by atoms with Crippen LogP contribution in [0.5, 0.6) is 5.75 Å². The molecular formula is C24H16N4O6. The Kier molecular flexibility index (Phi) is 5.02. The lowest BCUT2D eigenvalue weighted by atomic mass is 10.1. The van der Waals surface area contributed by atoms with E-state index in [0.717, 1.165) is 17.0 Å². The summed E-state index contributed by atoms with van der Waals surface area (Å²) in [6.45, 7) is 0. The molecule has 0 saturated heterocycles. The number of nitrogens with zero attached hydrogens (tertiary/aromatic N) is 4. The van der Waals surface area contributed by atoms with Crippen LogP contribution in [-0.4, -0.2) is 26.7 Å². The molecule has 0 aliphatic carbocycles. The smallest absolute Gasteiger partial charge is 0.301 e. The van der Waals surface area contributed by atoms with E-state index < -0.39 is 15.5 Å². The van der Waals surface area contributed by atoms with Gasteiger partial charge in [-0.05, 0) is 30.3 Å². The number of nitro groups is 2. The van der Waals surface area contributed by atoms with Crippen molar-refractivity contribution in [1.29, 1.82) is 0 Å². The molecule has 0 saturated carbocycles. The van der Waals surface area contributed by atoms with Gasteiger partial charge in [-0.3, -0.25) is 20.2 Å². The molecule has 0 fully saturated rings. The second-order valence-electron chi connectivity index (χ2n) is 7.36. The number of methoxy groups -OCH3 is 1. The van der Waals surface area contributed by atoms with Gasteiger partial charge in [0.15, 0.2) is 0 Å². The number of benzene rings is 3. The summed E-state index contributed by atoms with van der Waals surface area (Å²) >= 11 is 0. The number of ether oxygens (including phenoxy) is 1. The molecule has 2 heterocycles. The van der Waals surface area contributed by atoms with Crippen LogP contribution < -0.4 is 4.74 Å². The van der Waals surface area contributed by atoms with Gasteiger partial charge in [0.1, 0.15) is 17.0 Å². The maximum Gasteiger partial charge on any atom is 0.301 e. The van der Waals surface area contributed by atoms with Crippen molar-refractivity contribution in [2.45, 2.75) is 0 Å². The highest BCUT2D eigenvalue weighted by Gasteiger charge is 2.25. The lowest BCUT2D eigenvalue weighted by Crippen LogP contribution is -2.04. The van der Waals surface area contributed by atoms with Crippen LogP contribution in [0, 0.1) is 20.2 Å². The minimum Gasteiger partial charge on any atom is -0.495 e. The summed E-state index contributed by atoms with van der Waals surface area (Å²) < 4.78 is 12.5. The Morgan fingerprint density at radius 3 is 2.44 bits per heavy atom. The summed E-state index contributed by atoms with van der Waals surface area (Å²) in [5.41, 5.74) is 2.44. The first-order chi connectivity index (χ1) is 16.5. The molecule has 0 aliphatic rings. The van der Waals surface area contributed by atoms with E-state index in [2.05, 4.69) is 5.10 Å². The molecule has 0 radical (unpaired) electrons. The lowest BCUT2D eigenvalue weighted by molar-refractivity contribution is -0.394. The standard InChI is InChI=1S/C24H16N4O6/c1-33-24-17(8-10-23-18(24)11-12-34-23)19-14-21(15-5-3-2-4-6-15)26(25-19)20-9-7-16(27(29)30)13-22(20)28(31)32/h2-14H,1H3. The minimum atomic E-state index is -0.672. The Bertz CT molecular complexity index is 1550. The number of hydrogen-bond acceptors (Lipinski definition) is 7. The Balaban J connectivity index is 1.78. The number of aromatic nitrogens is 2. The highest BCUT2D eigenvalue weighted by molar-refractivity contribution is 5.92. The zero-order chi connectivity index (χ0) is 23.8. The Morgan fingerprint density at radius 2 is 1.74 bits per heavy atom. The second-order valence-corrected chi connectivity index (χ2v) is 7.36. The van der Waals surface area contributed by atoms with Crippen molar-refractivity contribution in [1.82, 2.24) is 9.78 Å². The molecule has 0 bridgehead atoms. The average molecular weight is 456 g/mol. The zero-order valence-corrected chi connectivity index (χ0v) is 17.7. The van der Waals surface area contributed by atoms with Crippen LogP contribution in [-0.2, 0) is 0 Å². The lowest BCUT2D eigenvalue weighted by Gasteiger charge is -2.08. The summed E-state index contributed by atoms with van der Waals surface area (Å²) in [5.74, 6) is 0.550. The van der Waals surface area contributed by atoms with E-state index in [4.69, 9.17) is 9.15 Å².